The Morgan fingerprint density at radius 1 is 1.12 bits per heavy atom. The number of rotatable bonds is 2. The van der Waals surface area contributed by atoms with Crippen LogP contribution < -0.4 is 4.90 Å². The van der Waals surface area contributed by atoms with Gasteiger partial charge in [-0.2, -0.15) is 5.26 Å². The molecule has 0 unspecified atom stereocenters. The number of hydrogen-bond donors (Lipinski definition) is 0. The number of nitrogens with zero attached hydrogens (tertiary/aromatic N) is 3. The number of fused-ring (bicyclic) bond motifs is 1. The zero-order valence-corrected chi connectivity index (χ0v) is 14.7. The Hall–Kier alpha value is -2.78. The quantitative estimate of drug-likeness (QED) is 0.806. The molecule has 1 fully saturated rings. The highest BCUT2D eigenvalue weighted by atomic mass is 32.2. The third kappa shape index (κ3) is 2.95. The number of nitriles is 1. The lowest BCUT2D eigenvalue weighted by molar-refractivity contribution is -0.129. The Kier molecular flexibility index (Phi) is 4.39. The van der Waals surface area contributed by atoms with Crippen LogP contribution in [0.25, 0.3) is 0 Å². The lowest BCUT2D eigenvalue weighted by Crippen LogP contribution is -2.47. The van der Waals surface area contributed by atoms with Crippen LogP contribution in [0.4, 0.5) is 10.1 Å². The van der Waals surface area contributed by atoms with E-state index >= 15 is 0 Å². The van der Waals surface area contributed by atoms with Crippen LogP contribution in [0.1, 0.15) is 17.9 Å². The van der Waals surface area contributed by atoms with Crippen molar-refractivity contribution in [1.82, 2.24) is 4.90 Å². The molecule has 1 atom stereocenters. The first kappa shape index (κ1) is 16.7. The second-order valence-corrected chi connectivity index (χ2v) is 7.18. The minimum atomic E-state index is -0.287. The number of hydrogen-bond acceptors (Lipinski definition) is 4. The topological polar surface area (TPSA) is 47.3 Å². The van der Waals surface area contributed by atoms with Crippen LogP contribution in [-0.4, -0.2) is 23.4 Å². The molecule has 4 nitrogen and oxygen atoms in total. The highest BCUT2D eigenvalue weighted by Crippen LogP contribution is 2.43. The van der Waals surface area contributed by atoms with E-state index in [9.17, 15) is 14.4 Å². The van der Waals surface area contributed by atoms with Gasteiger partial charge in [0.1, 0.15) is 5.82 Å². The molecule has 0 spiro atoms. The predicted octanol–water partition coefficient (Wildman–Crippen LogP) is 4.05. The lowest BCUT2D eigenvalue weighted by Gasteiger charge is -2.42. The van der Waals surface area contributed by atoms with Crippen LogP contribution in [0, 0.1) is 17.1 Å². The van der Waals surface area contributed by atoms with Gasteiger partial charge in [0.25, 0.3) is 0 Å². The SMILES string of the molecule is N#CC1=C2SCN(c3ccc(F)cc3)CN2C(=O)C[C@@H]1c1ccccc1. The van der Waals surface area contributed by atoms with E-state index in [1.54, 1.807) is 17.0 Å². The van der Waals surface area contributed by atoms with Gasteiger partial charge in [0, 0.05) is 18.0 Å². The summed E-state index contributed by atoms with van der Waals surface area (Å²) in [5.41, 5.74) is 2.50. The predicted molar refractivity (Wildman–Crippen MR) is 99.5 cm³/mol. The second-order valence-electron chi connectivity index (χ2n) is 6.25. The van der Waals surface area contributed by atoms with Gasteiger partial charge < -0.3 is 4.90 Å². The number of carbonyl (C=O) groups excluding carboxylic acids is 1. The van der Waals surface area contributed by atoms with Crippen molar-refractivity contribution in [3.05, 3.63) is 76.6 Å². The number of anilines is 1. The third-order valence-electron chi connectivity index (χ3n) is 4.69. The molecular weight excluding hydrogens is 349 g/mol. The molecule has 2 aromatic rings. The van der Waals surface area contributed by atoms with E-state index in [2.05, 4.69) is 6.07 Å². The number of carbonyl (C=O) groups is 1. The van der Waals surface area contributed by atoms with Crippen molar-refractivity contribution < 1.29 is 9.18 Å². The smallest absolute Gasteiger partial charge is 0.229 e. The number of halogens is 1. The number of allylic oxidation sites excluding steroid dienone is 1. The summed E-state index contributed by atoms with van der Waals surface area (Å²) in [6.07, 6.45) is 0.286. The van der Waals surface area contributed by atoms with Crippen molar-refractivity contribution in [1.29, 1.82) is 5.26 Å². The van der Waals surface area contributed by atoms with E-state index in [-0.39, 0.29) is 24.1 Å². The van der Waals surface area contributed by atoms with Crippen molar-refractivity contribution >= 4 is 23.4 Å². The van der Waals surface area contributed by atoms with Crippen LogP contribution in [-0.2, 0) is 4.79 Å². The van der Waals surface area contributed by atoms with E-state index in [1.165, 1.54) is 23.9 Å². The highest BCUT2D eigenvalue weighted by Gasteiger charge is 2.38. The fraction of sp³-hybridized carbons (Fsp3) is 0.200. The van der Waals surface area contributed by atoms with Gasteiger partial charge in [-0.15, -0.1) is 0 Å². The molecule has 2 aliphatic rings. The Morgan fingerprint density at radius 2 is 1.85 bits per heavy atom. The van der Waals surface area contributed by atoms with Gasteiger partial charge in [0.2, 0.25) is 5.91 Å². The second kappa shape index (κ2) is 6.85. The van der Waals surface area contributed by atoms with Gasteiger partial charge in [-0.05, 0) is 29.8 Å². The molecule has 0 N–H and O–H groups in total. The summed E-state index contributed by atoms with van der Waals surface area (Å²) in [6.45, 7) is 0.374. The maximum Gasteiger partial charge on any atom is 0.229 e. The summed E-state index contributed by atoms with van der Waals surface area (Å²) in [7, 11) is 0. The monoisotopic (exact) mass is 365 g/mol. The molecule has 0 radical (unpaired) electrons. The third-order valence-corrected chi connectivity index (χ3v) is 5.84. The van der Waals surface area contributed by atoms with Crippen molar-refractivity contribution in [2.75, 3.05) is 17.4 Å². The fourth-order valence-electron chi connectivity index (χ4n) is 3.35. The molecule has 2 aliphatic heterocycles. The molecule has 0 aromatic heterocycles. The molecule has 2 heterocycles. The van der Waals surface area contributed by atoms with Crippen LogP contribution in [0.5, 0.6) is 0 Å². The number of thioether (sulfide) groups is 1. The number of amides is 1. The first-order valence-electron chi connectivity index (χ1n) is 8.30. The van der Waals surface area contributed by atoms with Crippen LogP contribution in [0.15, 0.2) is 65.2 Å². The van der Waals surface area contributed by atoms with Gasteiger partial charge in [-0.1, -0.05) is 42.1 Å². The van der Waals surface area contributed by atoms with Crippen LogP contribution in [0.2, 0.25) is 0 Å². The standard InChI is InChI=1S/C20H16FN3OS/c21-15-6-8-16(9-7-15)23-12-24-19(25)10-17(14-4-2-1-3-5-14)18(11-22)20(24)26-13-23/h1-9,17H,10,12-13H2/t17-/m1/s1. The molecule has 6 heteroatoms. The molecule has 130 valence electrons. The summed E-state index contributed by atoms with van der Waals surface area (Å²) in [6, 6.07) is 18.3. The molecule has 0 bridgehead atoms. The minimum absolute atomic E-state index is 0.00663. The van der Waals surface area contributed by atoms with E-state index in [4.69, 9.17) is 0 Å². The molecule has 26 heavy (non-hydrogen) atoms. The van der Waals surface area contributed by atoms with Crippen molar-refractivity contribution in [3.63, 3.8) is 0 Å². The van der Waals surface area contributed by atoms with Gasteiger partial charge in [-0.25, -0.2) is 4.39 Å². The van der Waals surface area contributed by atoms with E-state index in [0.717, 1.165) is 16.3 Å². The summed E-state index contributed by atoms with van der Waals surface area (Å²) >= 11 is 1.48. The Morgan fingerprint density at radius 3 is 2.54 bits per heavy atom. The maximum atomic E-state index is 13.2. The molecular formula is C20H16FN3OS. The Bertz CT molecular complexity index is 905. The summed E-state index contributed by atoms with van der Waals surface area (Å²) < 4.78 is 13.2. The Balaban J connectivity index is 1.66. The lowest BCUT2D eigenvalue weighted by atomic mass is 9.86. The Labute approximate surface area is 155 Å². The molecule has 0 aliphatic carbocycles. The fourth-order valence-corrected chi connectivity index (χ4v) is 4.52. The van der Waals surface area contributed by atoms with Crippen LogP contribution >= 0.6 is 11.8 Å². The van der Waals surface area contributed by atoms with Crippen molar-refractivity contribution in [3.8, 4) is 6.07 Å². The average Bonchev–Trinajstić information content (AvgIpc) is 2.69. The van der Waals surface area contributed by atoms with E-state index in [1.807, 2.05) is 35.2 Å². The van der Waals surface area contributed by atoms with Crippen molar-refractivity contribution in [2.24, 2.45) is 0 Å². The zero-order valence-electron chi connectivity index (χ0n) is 13.9. The normalized spacial score (nSPS) is 20.0. The van der Waals surface area contributed by atoms with Gasteiger partial charge in [-0.3, -0.25) is 9.69 Å². The largest absolute Gasteiger partial charge is 0.344 e. The maximum absolute atomic E-state index is 13.2. The highest BCUT2D eigenvalue weighted by molar-refractivity contribution is 8.03. The molecule has 1 saturated heterocycles. The molecule has 4 rings (SSSR count). The first-order chi connectivity index (χ1) is 12.7. The van der Waals surface area contributed by atoms with Crippen molar-refractivity contribution in [2.45, 2.75) is 12.3 Å². The van der Waals surface area contributed by atoms with Gasteiger partial charge in [0.05, 0.1) is 29.2 Å². The van der Waals surface area contributed by atoms with Crippen LogP contribution in [0.3, 0.4) is 0 Å². The van der Waals surface area contributed by atoms with E-state index in [0.29, 0.717) is 18.1 Å². The molecule has 1 amide bonds. The molecule has 0 saturated carbocycles. The summed E-state index contributed by atoms with van der Waals surface area (Å²) in [5, 5.41) is 10.5. The minimum Gasteiger partial charge on any atom is -0.344 e. The summed E-state index contributed by atoms with van der Waals surface area (Å²) in [4.78, 5) is 16.5. The van der Waals surface area contributed by atoms with Gasteiger partial charge >= 0.3 is 0 Å². The number of benzene rings is 2. The van der Waals surface area contributed by atoms with Gasteiger partial charge in [0.15, 0.2) is 0 Å². The summed E-state index contributed by atoms with van der Waals surface area (Å²) in [5.74, 6) is 0.139. The first-order valence-corrected chi connectivity index (χ1v) is 9.29. The average molecular weight is 365 g/mol. The zero-order chi connectivity index (χ0) is 18.1. The molecule has 2 aromatic carbocycles. The van der Waals surface area contributed by atoms with E-state index < -0.39 is 0 Å².